The zero-order valence-electron chi connectivity index (χ0n) is 14.1. The van der Waals surface area contributed by atoms with Gasteiger partial charge in [0.2, 0.25) is 5.91 Å². The van der Waals surface area contributed by atoms with E-state index < -0.39 is 0 Å². The van der Waals surface area contributed by atoms with E-state index in [4.69, 9.17) is 0 Å². The minimum Gasteiger partial charge on any atom is -0.349 e. The molecule has 0 unspecified atom stereocenters. The molecule has 1 saturated heterocycles. The second-order valence-electron chi connectivity index (χ2n) is 6.61. The van der Waals surface area contributed by atoms with E-state index in [1.54, 1.807) is 0 Å². The summed E-state index contributed by atoms with van der Waals surface area (Å²) < 4.78 is 1.96. The van der Waals surface area contributed by atoms with Gasteiger partial charge >= 0.3 is 0 Å². The first-order valence-corrected chi connectivity index (χ1v) is 8.74. The molecule has 3 heterocycles. The third kappa shape index (κ3) is 3.72. The molecule has 1 amide bonds. The molecule has 0 spiro atoms. The highest BCUT2D eigenvalue weighted by Gasteiger charge is 2.24. The summed E-state index contributed by atoms with van der Waals surface area (Å²) >= 11 is 0. The van der Waals surface area contributed by atoms with Crippen molar-refractivity contribution < 1.29 is 4.79 Å². The Morgan fingerprint density at radius 3 is 2.84 bits per heavy atom. The number of nitrogens with one attached hydrogen (secondary N) is 1. The van der Waals surface area contributed by atoms with Gasteiger partial charge in [-0.05, 0) is 36.6 Å². The monoisotopic (exact) mass is 334 g/mol. The quantitative estimate of drug-likeness (QED) is 0.780. The van der Waals surface area contributed by atoms with E-state index in [9.17, 15) is 4.79 Å². The number of aromatic nitrogens is 2. The molecule has 1 N–H and O–H groups in total. The van der Waals surface area contributed by atoms with Gasteiger partial charge in [0.15, 0.2) is 0 Å². The van der Waals surface area contributed by atoms with Crippen molar-refractivity contribution in [2.24, 2.45) is 0 Å². The fourth-order valence-corrected chi connectivity index (χ4v) is 3.49. The van der Waals surface area contributed by atoms with Gasteiger partial charge < -0.3 is 9.72 Å². The number of amides is 1. The Hall–Kier alpha value is -2.66. The van der Waals surface area contributed by atoms with E-state index in [2.05, 4.69) is 39.5 Å². The highest BCUT2D eigenvalue weighted by molar-refractivity contribution is 5.78. The molecule has 3 aromatic rings. The minimum atomic E-state index is 0.0609. The molecule has 1 atom stereocenters. The number of nitrogens with zero attached hydrogens (tertiary/aromatic N) is 3. The van der Waals surface area contributed by atoms with Gasteiger partial charge in [-0.2, -0.15) is 0 Å². The van der Waals surface area contributed by atoms with Gasteiger partial charge in [0.05, 0.1) is 18.8 Å². The first-order valence-electron chi connectivity index (χ1n) is 8.74. The number of likely N-dealkylation sites (tertiary alicyclic amines) is 1. The highest BCUT2D eigenvalue weighted by Crippen LogP contribution is 2.26. The van der Waals surface area contributed by atoms with Crippen LogP contribution in [0.2, 0.25) is 0 Å². The van der Waals surface area contributed by atoms with Crippen molar-refractivity contribution in [1.29, 1.82) is 0 Å². The van der Waals surface area contributed by atoms with Crippen LogP contribution in [-0.4, -0.2) is 39.8 Å². The van der Waals surface area contributed by atoms with Crippen LogP contribution in [0.5, 0.6) is 0 Å². The fourth-order valence-electron chi connectivity index (χ4n) is 3.49. The van der Waals surface area contributed by atoms with Crippen molar-refractivity contribution in [3.63, 3.8) is 0 Å². The summed E-state index contributed by atoms with van der Waals surface area (Å²) in [6.07, 6.45) is 5.03. The smallest absolute Gasteiger partial charge is 0.234 e. The Morgan fingerprint density at radius 1 is 1.16 bits per heavy atom. The van der Waals surface area contributed by atoms with E-state index in [1.165, 1.54) is 5.56 Å². The molecule has 0 aliphatic carbocycles. The highest BCUT2D eigenvalue weighted by atomic mass is 16.2. The largest absolute Gasteiger partial charge is 0.349 e. The van der Waals surface area contributed by atoms with Crippen molar-refractivity contribution >= 4 is 11.6 Å². The molecule has 128 valence electrons. The van der Waals surface area contributed by atoms with Crippen LogP contribution in [0.4, 0.5) is 0 Å². The van der Waals surface area contributed by atoms with Crippen LogP contribution in [0.3, 0.4) is 0 Å². The van der Waals surface area contributed by atoms with E-state index in [-0.39, 0.29) is 5.91 Å². The van der Waals surface area contributed by atoms with Crippen LogP contribution in [0.25, 0.3) is 5.65 Å². The van der Waals surface area contributed by atoms with Crippen LogP contribution in [-0.2, 0) is 11.3 Å². The molecule has 0 radical (unpaired) electrons. The van der Waals surface area contributed by atoms with Gasteiger partial charge in [0, 0.05) is 18.9 Å². The van der Waals surface area contributed by atoms with Gasteiger partial charge in [-0.25, -0.2) is 4.98 Å². The average Bonchev–Trinajstić information content (AvgIpc) is 3.27. The molecule has 5 nitrogen and oxygen atoms in total. The van der Waals surface area contributed by atoms with E-state index in [1.807, 2.05) is 41.1 Å². The predicted molar refractivity (Wildman–Crippen MR) is 97.3 cm³/mol. The Balaban J connectivity index is 1.28. The van der Waals surface area contributed by atoms with Gasteiger partial charge in [-0.15, -0.1) is 0 Å². The SMILES string of the molecule is O=C(CN1CC[C@@H](c2ccccc2)C1)NCc1cn2ccccc2n1. The number of benzene rings is 1. The lowest BCUT2D eigenvalue weighted by molar-refractivity contribution is -0.122. The maximum Gasteiger partial charge on any atom is 0.234 e. The fraction of sp³-hybridized carbons (Fsp3) is 0.300. The van der Waals surface area contributed by atoms with Crippen molar-refractivity contribution in [2.45, 2.75) is 18.9 Å². The summed E-state index contributed by atoms with van der Waals surface area (Å²) in [5, 5.41) is 2.98. The number of carbonyl (C=O) groups excluding carboxylic acids is 1. The third-order valence-electron chi connectivity index (χ3n) is 4.79. The molecule has 1 aliphatic rings. The van der Waals surface area contributed by atoms with Gasteiger partial charge in [0.1, 0.15) is 5.65 Å². The van der Waals surface area contributed by atoms with Gasteiger partial charge in [0.25, 0.3) is 0 Å². The minimum absolute atomic E-state index is 0.0609. The van der Waals surface area contributed by atoms with Crippen LogP contribution in [0, 0.1) is 0 Å². The van der Waals surface area contributed by atoms with Gasteiger partial charge in [-0.3, -0.25) is 9.69 Å². The zero-order valence-corrected chi connectivity index (χ0v) is 14.1. The predicted octanol–water partition coefficient (Wildman–Crippen LogP) is 2.44. The third-order valence-corrected chi connectivity index (χ3v) is 4.79. The van der Waals surface area contributed by atoms with Crippen molar-refractivity contribution in [2.75, 3.05) is 19.6 Å². The van der Waals surface area contributed by atoms with Crippen LogP contribution in [0.15, 0.2) is 60.9 Å². The van der Waals surface area contributed by atoms with Gasteiger partial charge in [-0.1, -0.05) is 36.4 Å². The number of pyridine rings is 1. The molecule has 0 bridgehead atoms. The average molecular weight is 334 g/mol. The summed E-state index contributed by atoms with van der Waals surface area (Å²) in [6, 6.07) is 16.4. The molecular formula is C20H22N4O. The first-order chi connectivity index (χ1) is 12.3. The molecule has 2 aromatic heterocycles. The summed E-state index contributed by atoms with van der Waals surface area (Å²) in [6.45, 7) is 2.85. The van der Waals surface area contributed by atoms with Crippen molar-refractivity contribution in [3.8, 4) is 0 Å². The topological polar surface area (TPSA) is 49.6 Å². The van der Waals surface area contributed by atoms with Crippen LogP contribution >= 0.6 is 0 Å². The molecule has 1 fully saturated rings. The molecular weight excluding hydrogens is 312 g/mol. The number of hydrogen-bond donors (Lipinski definition) is 1. The van der Waals surface area contributed by atoms with E-state index in [0.29, 0.717) is 19.0 Å². The standard InChI is InChI=1S/C20H22N4O/c25-20(21-12-18-14-24-10-5-4-8-19(24)22-18)15-23-11-9-17(13-23)16-6-2-1-3-7-16/h1-8,10,14,17H,9,11-13,15H2,(H,21,25)/t17-/m1/s1. The lowest BCUT2D eigenvalue weighted by Crippen LogP contribution is -2.35. The normalized spacial score (nSPS) is 17.8. The Bertz CT molecular complexity index is 825. The number of fused-ring (bicyclic) bond motifs is 1. The Kier molecular flexibility index (Phi) is 4.48. The maximum absolute atomic E-state index is 12.2. The number of hydrogen-bond acceptors (Lipinski definition) is 3. The van der Waals surface area contributed by atoms with Crippen molar-refractivity contribution in [3.05, 3.63) is 72.2 Å². The van der Waals surface area contributed by atoms with Crippen LogP contribution in [0.1, 0.15) is 23.6 Å². The number of rotatable bonds is 5. The Labute approximate surface area is 147 Å². The Morgan fingerprint density at radius 2 is 2.00 bits per heavy atom. The molecule has 0 saturated carbocycles. The number of imidazole rings is 1. The number of carbonyl (C=O) groups is 1. The second kappa shape index (κ2) is 7.07. The lowest BCUT2D eigenvalue weighted by Gasteiger charge is -2.15. The molecule has 5 heteroatoms. The van der Waals surface area contributed by atoms with Crippen molar-refractivity contribution in [1.82, 2.24) is 19.6 Å². The maximum atomic E-state index is 12.2. The summed E-state index contributed by atoms with van der Waals surface area (Å²) in [7, 11) is 0. The molecule has 1 aliphatic heterocycles. The second-order valence-corrected chi connectivity index (χ2v) is 6.61. The van der Waals surface area contributed by atoms with E-state index in [0.717, 1.165) is 30.9 Å². The summed E-state index contributed by atoms with van der Waals surface area (Å²) in [4.78, 5) is 19.0. The van der Waals surface area contributed by atoms with Crippen LogP contribution < -0.4 is 5.32 Å². The lowest BCUT2D eigenvalue weighted by atomic mass is 9.99. The van der Waals surface area contributed by atoms with E-state index >= 15 is 0 Å². The molecule has 4 rings (SSSR count). The zero-order chi connectivity index (χ0) is 17.1. The summed E-state index contributed by atoms with van der Waals surface area (Å²) in [5.41, 5.74) is 3.15. The molecule has 25 heavy (non-hydrogen) atoms. The first kappa shape index (κ1) is 15.8. The summed E-state index contributed by atoms with van der Waals surface area (Å²) in [5.74, 6) is 0.596. The molecule has 1 aromatic carbocycles.